The van der Waals surface area contributed by atoms with E-state index in [1.165, 1.54) is 49.8 Å². The highest BCUT2D eigenvalue weighted by Crippen LogP contribution is 2.21. The molecular weight excluding hydrogens is 444 g/mol. The third-order valence-corrected chi connectivity index (χ3v) is 6.68. The molecule has 2 amide bonds. The van der Waals surface area contributed by atoms with Gasteiger partial charge >= 0.3 is 5.97 Å². The van der Waals surface area contributed by atoms with Crippen LogP contribution in [0.5, 0.6) is 5.75 Å². The first-order valence-corrected chi connectivity index (χ1v) is 13.4. The maximum atomic E-state index is 12.8. The minimum atomic E-state index is -0.862. The van der Waals surface area contributed by atoms with E-state index in [-0.39, 0.29) is 24.8 Å². The topological polar surface area (TPSA) is 84.9 Å². The fourth-order valence-corrected chi connectivity index (χ4v) is 4.31. The number of esters is 1. The Morgan fingerprint density at radius 2 is 1.66 bits per heavy atom. The van der Waals surface area contributed by atoms with Crippen LogP contribution in [0.2, 0.25) is 0 Å². The second kappa shape index (κ2) is 16.2. The van der Waals surface area contributed by atoms with Crippen molar-refractivity contribution in [1.82, 2.24) is 10.2 Å². The van der Waals surface area contributed by atoms with Crippen LogP contribution >= 0.6 is 0 Å². The van der Waals surface area contributed by atoms with E-state index in [1.54, 1.807) is 0 Å². The molecule has 1 aromatic carbocycles. The zero-order chi connectivity index (χ0) is 25.5. The quantitative estimate of drug-likeness (QED) is 0.265. The van der Waals surface area contributed by atoms with E-state index in [4.69, 9.17) is 9.47 Å². The molecule has 1 aliphatic heterocycles. The van der Waals surface area contributed by atoms with Crippen LogP contribution in [0.1, 0.15) is 88.7 Å². The number of nitrogens with zero attached hydrogens (tertiary/aromatic N) is 1. The van der Waals surface area contributed by atoms with Crippen LogP contribution in [0.25, 0.3) is 0 Å². The first kappa shape index (κ1) is 28.7. The standard InChI is InChI=1S/C28H44N2O5/c1-4-5-6-7-8-9-10-11-12-13-19-34-27(32)20-24-28(33)29-17-18-30(24)26(31)21-35-25-16-14-15-22(2)23(25)3/h14-16,24H,4-13,17-21H2,1-3H3,(H,29,33). The molecular formula is C28H44N2O5. The van der Waals surface area contributed by atoms with Crippen molar-refractivity contribution in [2.24, 2.45) is 0 Å². The Balaban J connectivity index is 1.69. The summed E-state index contributed by atoms with van der Waals surface area (Å²) in [5.41, 5.74) is 2.05. The van der Waals surface area contributed by atoms with Gasteiger partial charge in [0.15, 0.2) is 6.61 Å². The van der Waals surface area contributed by atoms with Gasteiger partial charge in [-0.15, -0.1) is 0 Å². The molecule has 0 radical (unpaired) electrons. The molecule has 7 heteroatoms. The van der Waals surface area contributed by atoms with Gasteiger partial charge in [0, 0.05) is 13.1 Å². The molecule has 0 bridgehead atoms. The van der Waals surface area contributed by atoms with Gasteiger partial charge < -0.3 is 19.7 Å². The molecule has 1 unspecified atom stereocenters. The van der Waals surface area contributed by atoms with Crippen LogP contribution < -0.4 is 10.1 Å². The van der Waals surface area contributed by atoms with E-state index in [0.29, 0.717) is 25.4 Å². The fourth-order valence-electron chi connectivity index (χ4n) is 4.31. The molecule has 1 saturated heterocycles. The van der Waals surface area contributed by atoms with Crippen molar-refractivity contribution in [3.63, 3.8) is 0 Å². The lowest BCUT2D eigenvalue weighted by atomic mass is 10.1. The highest BCUT2D eigenvalue weighted by atomic mass is 16.5. The van der Waals surface area contributed by atoms with E-state index in [1.807, 2.05) is 32.0 Å². The van der Waals surface area contributed by atoms with Crippen molar-refractivity contribution in [1.29, 1.82) is 0 Å². The number of hydrogen-bond donors (Lipinski definition) is 1. The monoisotopic (exact) mass is 488 g/mol. The summed E-state index contributed by atoms with van der Waals surface area (Å²) in [6, 6.07) is 4.82. The van der Waals surface area contributed by atoms with Gasteiger partial charge in [0.2, 0.25) is 5.91 Å². The summed E-state index contributed by atoms with van der Waals surface area (Å²) in [4.78, 5) is 39.1. The summed E-state index contributed by atoms with van der Waals surface area (Å²) >= 11 is 0. The number of ether oxygens (including phenoxy) is 2. The minimum Gasteiger partial charge on any atom is -0.483 e. The molecule has 0 aromatic heterocycles. The maximum absolute atomic E-state index is 12.8. The predicted octanol–water partition coefficient (Wildman–Crippen LogP) is 4.86. The summed E-state index contributed by atoms with van der Waals surface area (Å²) in [5, 5.41) is 2.74. The highest BCUT2D eigenvalue weighted by Gasteiger charge is 2.35. The Labute approximate surface area is 210 Å². The van der Waals surface area contributed by atoms with Gasteiger partial charge in [-0.05, 0) is 37.5 Å². The zero-order valence-corrected chi connectivity index (χ0v) is 21.9. The SMILES string of the molecule is CCCCCCCCCCCCOC(=O)CC1C(=O)NCCN1C(=O)COc1cccc(C)c1C. The van der Waals surface area contributed by atoms with E-state index in [2.05, 4.69) is 12.2 Å². The smallest absolute Gasteiger partial charge is 0.308 e. The van der Waals surface area contributed by atoms with Gasteiger partial charge in [0.05, 0.1) is 13.0 Å². The third-order valence-electron chi connectivity index (χ3n) is 6.68. The maximum Gasteiger partial charge on any atom is 0.308 e. The van der Waals surface area contributed by atoms with Gasteiger partial charge in [-0.1, -0.05) is 76.8 Å². The van der Waals surface area contributed by atoms with Crippen molar-refractivity contribution in [3.8, 4) is 5.75 Å². The highest BCUT2D eigenvalue weighted by molar-refractivity contribution is 5.92. The van der Waals surface area contributed by atoms with E-state index < -0.39 is 12.0 Å². The number of benzene rings is 1. The fraction of sp³-hybridized carbons (Fsp3) is 0.679. The molecule has 1 N–H and O–H groups in total. The second-order valence-electron chi connectivity index (χ2n) is 9.49. The molecule has 196 valence electrons. The zero-order valence-electron chi connectivity index (χ0n) is 21.9. The number of piperazine rings is 1. The van der Waals surface area contributed by atoms with E-state index in [9.17, 15) is 14.4 Å². The molecule has 0 aliphatic carbocycles. The minimum absolute atomic E-state index is 0.140. The van der Waals surface area contributed by atoms with Gasteiger partial charge in [-0.25, -0.2) is 0 Å². The summed E-state index contributed by atoms with van der Waals surface area (Å²) in [5.74, 6) is -0.441. The van der Waals surface area contributed by atoms with Gasteiger partial charge in [-0.3, -0.25) is 14.4 Å². The first-order valence-electron chi connectivity index (χ1n) is 13.4. The number of carbonyl (C=O) groups excluding carboxylic acids is 3. The summed E-state index contributed by atoms with van der Waals surface area (Å²) < 4.78 is 11.1. The second-order valence-corrected chi connectivity index (χ2v) is 9.49. The predicted molar refractivity (Wildman–Crippen MR) is 137 cm³/mol. The molecule has 35 heavy (non-hydrogen) atoms. The van der Waals surface area contributed by atoms with Crippen LogP contribution in [0.3, 0.4) is 0 Å². The average Bonchev–Trinajstić information content (AvgIpc) is 2.84. The molecule has 1 atom stereocenters. The van der Waals surface area contributed by atoms with Crippen molar-refractivity contribution >= 4 is 17.8 Å². The molecule has 7 nitrogen and oxygen atoms in total. The van der Waals surface area contributed by atoms with E-state index >= 15 is 0 Å². The molecule has 1 aromatic rings. The van der Waals surface area contributed by atoms with Crippen molar-refractivity contribution in [3.05, 3.63) is 29.3 Å². The molecule has 2 rings (SSSR count). The van der Waals surface area contributed by atoms with Gasteiger partial charge in [-0.2, -0.15) is 0 Å². The number of hydrogen-bond acceptors (Lipinski definition) is 5. The third kappa shape index (κ3) is 10.3. The molecule has 0 spiro atoms. The largest absolute Gasteiger partial charge is 0.483 e. The van der Waals surface area contributed by atoms with Gasteiger partial charge in [0.1, 0.15) is 11.8 Å². The molecule has 1 heterocycles. The number of rotatable bonds is 16. The van der Waals surface area contributed by atoms with Gasteiger partial charge in [0.25, 0.3) is 5.91 Å². The Hall–Kier alpha value is -2.57. The molecule has 1 aliphatic rings. The lowest BCUT2D eigenvalue weighted by molar-refractivity contribution is -0.152. The Morgan fingerprint density at radius 1 is 1.00 bits per heavy atom. The number of amides is 2. The Bertz CT molecular complexity index is 811. The number of carbonyl (C=O) groups is 3. The van der Waals surface area contributed by atoms with Crippen LogP contribution in [-0.2, 0) is 19.1 Å². The first-order chi connectivity index (χ1) is 16.9. The van der Waals surface area contributed by atoms with Crippen molar-refractivity contribution in [2.45, 2.75) is 97.4 Å². The summed E-state index contributed by atoms with van der Waals surface area (Å²) in [6.45, 7) is 7.04. The summed E-state index contributed by atoms with van der Waals surface area (Å²) in [7, 11) is 0. The molecule has 1 fully saturated rings. The number of unbranched alkanes of at least 4 members (excludes halogenated alkanes) is 9. The normalized spacial score (nSPS) is 15.6. The average molecular weight is 489 g/mol. The van der Waals surface area contributed by atoms with E-state index in [0.717, 1.165) is 30.4 Å². The van der Waals surface area contributed by atoms with Crippen molar-refractivity contribution < 1.29 is 23.9 Å². The Kier molecular flexibility index (Phi) is 13.2. The molecule has 0 saturated carbocycles. The van der Waals surface area contributed by atoms with Crippen LogP contribution in [0, 0.1) is 13.8 Å². The Morgan fingerprint density at radius 3 is 2.34 bits per heavy atom. The number of nitrogens with one attached hydrogen (secondary N) is 1. The van der Waals surface area contributed by atoms with Crippen molar-refractivity contribution in [2.75, 3.05) is 26.3 Å². The van der Waals surface area contributed by atoms with Crippen LogP contribution in [-0.4, -0.2) is 55.0 Å². The lowest BCUT2D eigenvalue weighted by Crippen LogP contribution is -2.58. The van der Waals surface area contributed by atoms with Crippen LogP contribution in [0.15, 0.2) is 18.2 Å². The lowest BCUT2D eigenvalue weighted by Gasteiger charge is -2.34. The van der Waals surface area contributed by atoms with Crippen LogP contribution in [0.4, 0.5) is 0 Å². The number of aryl methyl sites for hydroxylation is 1. The summed E-state index contributed by atoms with van der Waals surface area (Å²) in [6.07, 6.45) is 12.0.